The summed E-state index contributed by atoms with van der Waals surface area (Å²) in [5, 5.41) is 63.6. The zero-order valence-corrected chi connectivity index (χ0v) is 16.9. The molecule has 1 heterocycles. The summed E-state index contributed by atoms with van der Waals surface area (Å²) in [7, 11) is 0. The molecule has 33 heavy (non-hydrogen) atoms. The van der Waals surface area contributed by atoms with Crippen molar-refractivity contribution in [1.82, 2.24) is 15.0 Å². The lowest BCUT2D eigenvalue weighted by Crippen LogP contribution is -2.08. The predicted octanol–water partition coefficient (Wildman–Crippen LogP) is 3.18. The van der Waals surface area contributed by atoms with Gasteiger partial charge in [-0.3, -0.25) is 0 Å². The van der Waals surface area contributed by atoms with Crippen molar-refractivity contribution < 1.29 is 30.6 Å². The number of rotatable bonds is 6. The Kier molecular flexibility index (Phi) is 5.60. The van der Waals surface area contributed by atoms with Gasteiger partial charge < -0.3 is 41.3 Å². The van der Waals surface area contributed by atoms with Gasteiger partial charge in [0.25, 0.3) is 0 Å². The van der Waals surface area contributed by atoms with Crippen molar-refractivity contribution in [3.8, 4) is 34.5 Å². The quantitative estimate of drug-likeness (QED) is 0.160. The molecule has 0 amide bonds. The van der Waals surface area contributed by atoms with Crippen LogP contribution in [0.1, 0.15) is 11.4 Å². The molecule has 0 aliphatic heterocycles. The van der Waals surface area contributed by atoms with Crippen LogP contribution in [0.2, 0.25) is 0 Å². The highest BCUT2D eigenvalue weighted by Gasteiger charge is 2.12. The van der Waals surface area contributed by atoms with Crippen LogP contribution in [0.3, 0.4) is 0 Å². The summed E-state index contributed by atoms with van der Waals surface area (Å²) in [6.07, 6.45) is 0.182. The Hall–Kier alpha value is -4.93. The number of hydrogen-bond donors (Lipinski definition) is 8. The van der Waals surface area contributed by atoms with E-state index in [1.165, 1.54) is 48.5 Å². The van der Waals surface area contributed by atoms with E-state index >= 15 is 0 Å². The van der Waals surface area contributed by atoms with Gasteiger partial charge in [0.1, 0.15) is 5.82 Å². The highest BCUT2D eigenvalue weighted by atomic mass is 16.3. The Labute approximate surface area is 186 Å². The van der Waals surface area contributed by atoms with Crippen LogP contribution in [0.4, 0.5) is 23.3 Å². The summed E-state index contributed by atoms with van der Waals surface area (Å²) in [5.74, 6) is -1.23. The normalized spacial score (nSPS) is 10.7. The van der Waals surface area contributed by atoms with Crippen LogP contribution >= 0.6 is 0 Å². The Bertz CT molecular complexity index is 1160. The Morgan fingerprint density at radius 1 is 0.515 bits per heavy atom. The molecule has 0 aliphatic rings. The van der Waals surface area contributed by atoms with Crippen LogP contribution in [0.15, 0.2) is 54.6 Å². The van der Waals surface area contributed by atoms with E-state index in [4.69, 9.17) is 0 Å². The van der Waals surface area contributed by atoms with Crippen molar-refractivity contribution in [2.75, 3.05) is 10.6 Å². The first-order valence-electron chi connectivity index (χ1n) is 9.60. The summed E-state index contributed by atoms with van der Waals surface area (Å²) in [6, 6.07) is 12.6. The van der Waals surface area contributed by atoms with Crippen LogP contribution in [-0.2, 0) is 6.42 Å². The van der Waals surface area contributed by atoms with E-state index in [2.05, 4.69) is 25.6 Å². The van der Waals surface area contributed by atoms with E-state index in [0.29, 0.717) is 22.8 Å². The Balaban J connectivity index is 1.68. The minimum atomic E-state index is -0.327. The molecular weight excluding hydrogens is 430 g/mol. The molecule has 11 nitrogen and oxygen atoms in total. The van der Waals surface area contributed by atoms with E-state index in [0.717, 1.165) is 0 Å². The third-order valence-electron chi connectivity index (χ3n) is 4.55. The lowest BCUT2D eigenvalue weighted by atomic mass is 10.1. The molecule has 0 radical (unpaired) electrons. The van der Waals surface area contributed by atoms with Gasteiger partial charge in [0.05, 0.1) is 0 Å². The molecule has 0 spiro atoms. The number of aromatic nitrogens is 3. The molecule has 0 atom stereocenters. The lowest BCUT2D eigenvalue weighted by Gasteiger charge is -2.12. The van der Waals surface area contributed by atoms with Crippen molar-refractivity contribution in [1.29, 1.82) is 0 Å². The molecular formula is C22H19N5O6. The number of nitrogens with zero attached hydrogens (tertiary/aromatic N) is 3. The molecule has 3 aromatic carbocycles. The van der Waals surface area contributed by atoms with Gasteiger partial charge in [-0.25, -0.2) is 0 Å². The number of nitrogens with one attached hydrogen (secondary N) is 2. The number of phenols is 6. The first-order chi connectivity index (χ1) is 15.8. The van der Waals surface area contributed by atoms with Gasteiger partial charge in [-0.2, -0.15) is 15.0 Å². The van der Waals surface area contributed by atoms with Crippen molar-refractivity contribution in [2.24, 2.45) is 0 Å². The molecule has 0 bridgehead atoms. The average molecular weight is 449 g/mol. The third kappa shape index (κ3) is 5.05. The third-order valence-corrected chi connectivity index (χ3v) is 4.55. The maximum absolute atomic E-state index is 9.76. The number of benzene rings is 3. The van der Waals surface area contributed by atoms with Crippen LogP contribution in [0, 0.1) is 0 Å². The van der Waals surface area contributed by atoms with Gasteiger partial charge in [0.15, 0.2) is 34.5 Å². The van der Waals surface area contributed by atoms with E-state index in [1.54, 1.807) is 6.07 Å². The maximum Gasteiger partial charge on any atom is 0.232 e. The molecule has 4 rings (SSSR count). The molecule has 0 saturated carbocycles. The Morgan fingerprint density at radius 3 is 1.42 bits per heavy atom. The molecule has 11 heteroatoms. The van der Waals surface area contributed by atoms with Gasteiger partial charge in [-0.1, -0.05) is 6.07 Å². The average Bonchev–Trinajstić information content (AvgIpc) is 2.76. The lowest BCUT2D eigenvalue weighted by molar-refractivity contribution is 0.403. The fourth-order valence-corrected chi connectivity index (χ4v) is 2.93. The summed E-state index contributed by atoms with van der Waals surface area (Å²) in [6.45, 7) is 0. The highest BCUT2D eigenvalue weighted by molar-refractivity contribution is 5.62. The van der Waals surface area contributed by atoms with Gasteiger partial charge in [0, 0.05) is 29.9 Å². The minimum absolute atomic E-state index is 0.110. The molecule has 0 saturated heterocycles. The molecule has 8 N–H and O–H groups in total. The predicted molar refractivity (Wildman–Crippen MR) is 119 cm³/mol. The zero-order chi connectivity index (χ0) is 23.5. The zero-order valence-electron chi connectivity index (χ0n) is 16.9. The summed E-state index contributed by atoms with van der Waals surface area (Å²) >= 11 is 0. The summed E-state index contributed by atoms with van der Waals surface area (Å²) < 4.78 is 0. The molecule has 0 aliphatic carbocycles. The molecule has 0 fully saturated rings. The summed E-state index contributed by atoms with van der Waals surface area (Å²) in [4.78, 5) is 13.0. The van der Waals surface area contributed by atoms with Crippen LogP contribution < -0.4 is 10.6 Å². The molecule has 168 valence electrons. The van der Waals surface area contributed by atoms with Crippen molar-refractivity contribution in [3.63, 3.8) is 0 Å². The Morgan fingerprint density at radius 2 is 0.970 bits per heavy atom. The number of phenolic OH excluding ortho intramolecular Hbond substituents is 6. The van der Waals surface area contributed by atoms with Crippen LogP contribution in [0.5, 0.6) is 34.5 Å². The van der Waals surface area contributed by atoms with Crippen LogP contribution in [-0.4, -0.2) is 45.6 Å². The smallest absolute Gasteiger partial charge is 0.232 e. The van der Waals surface area contributed by atoms with Crippen molar-refractivity contribution >= 4 is 23.3 Å². The first kappa shape index (κ1) is 21.3. The van der Waals surface area contributed by atoms with Crippen molar-refractivity contribution in [3.05, 3.63) is 66.0 Å². The monoisotopic (exact) mass is 449 g/mol. The second kappa shape index (κ2) is 8.67. The van der Waals surface area contributed by atoms with Crippen molar-refractivity contribution in [2.45, 2.75) is 6.42 Å². The maximum atomic E-state index is 9.76. The standard InChI is InChI=1S/C22H19N5O6/c28-14-4-1-11(7-17(14)31)8-20-25-21(23-12-2-5-15(29)18(32)9-12)27-22(26-20)24-13-3-6-16(30)19(33)10-13/h1-7,9-10,28-33H,8H2,(H2,23,24,25,26,27). The number of hydrogen-bond acceptors (Lipinski definition) is 11. The molecule has 1 aromatic heterocycles. The van der Waals surface area contributed by atoms with Gasteiger partial charge in [-0.15, -0.1) is 0 Å². The number of aromatic hydroxyl groups is 6. The largest absolute Gasteiger partial charge is 0.504 e. The second-order valence-electron chi connectivity index (χ2n) is 7.06. The van der Waals surface area contributed by atoms with E-state index in [-0.39, 0.29) is 52.8 Å². The van der Waals surface area contributed by atoms with Gasteiger partial charge in [-0.05, 0) is 42.0 Å². The van der Waals surface area contributed by atoms with E-state index < -0.39 is 0 Å². The first-order valence-corrected chi connectivity index (χ1v) is 9.60. The second-order valence-corrected chi connectivity index (χ2v) is 7.06. The molecule has 0 unspecified atom stereocenters. The van der Waals surface area contributed by atoms with E-state index in [1.807, 2.05) is 0 Å². The minimum Gasteiger partial charge on any atom is -0.504 e. The highest BCUT2D eigenvalue weighted by Crippen LogP contribution is 2.31. The fourth-order valence-electron chi connectivity index (χ4n) is 2.93. The van der Waals surface area contributed by atoms with E-state index in [9.17, 15) is 30.6 Å². The topological polar surface area (TPSA) is 184 Å². The van der Waals surface area contributed by atoms with Gasteiger partial charge >= 0.3 is 0 Å². The SMILES string of the molecule is Oc1ccc(Cc2nc(Nc3ccc(O)c(O)c3)nc(Nc3ccc(O)c(O)c3)n2)cc1O. The fraction of sp³-hybridized carbons (Fsp3) is 0.0455. The molecule has 4 aromatic rings. The number of anilines is 4. The van der Waals surface area contributed by atoms with Gasteiger partial charge in [0.2, 0.25) is 11.9 Å². The van der Waals surface area contributed by atoms with Crippen LogP contribution in [0.25, 0.3) is 0 Å². The summed E-state index contributed by atoms with van der Waals surface area (Å²) in [5.41, 5.74) is 1.42.